The smallest absolute Gasteiger partial charge is 0.0725 e. The van der Waals surface area contributed by atoms with Gasteiger partial charge in [-0.25, -0.2) is 0 Å². The maximum Gasteiger partial charge on any atom is 0.0725 e. The number of nitrogens with zero attached hydrogens (tertiary/aromatic N) is 1. The highest BCUT2D eigenvalue weighted by Gasteiger charge is 2.59. The summed E-state index contributed by atoms with van der Waals surface area (Å²) in [5.41, 5.74) is 23.1. The lowest BCUT2D eigenvalue weighted by Gasteiger charge is -2.49. The molecule has 0 N–H and O–H groups in total. The number of para-hydroxylation sites is 1. The number of benzene rings is 10. The van der Waals surface area contributed by atoms with Crippen molar-refractivity contribution in [2.45, 2.75) is 10.8 Å². The minimum absolute atomic E-state index is 0.525. The molecule has 0 aromatic heterocycles. The van der Waals surface area contributed by atoms with E-state index in [2.05, 4.69) is 254 Å². The quantitative estimate of drug-likeness (QED) is 0.168. The van der Waals surface area contributed by atoms with Crippen LogP contribution in [0.5, 0.6) is 0 Å². The van der Waals surface area contributed by atoms with Gasteiger partial charge in [-0.05, 0) is 125 Å². The van der Waals surface area contributed by atoms with E-state index in [4.69, 9.17) is 0 Å². The van der Waals surface area contributed by atoms with Crippen LogP contribution in [0.15, 0.2) is 249 Å². The minimum Gasteiger partial charge on any atom is -0.311 e. The first kappa shape index (κ1) is 35.7. The van der Waals surface area contributed by atoms with Crippen molar-refractivity contribution in [1.82, 2.24) is 0 Å². The summed E-state index contributed by atoms with van der Waals surface area (Å²) in [6, 6.07) is 92.7. The molecule has 0 radical (unpaired) electrons. The van der Waals surface area contributed by atoms with Gasteiger partial charge in [0, 0.05) is 17.1 Å². The number of anilines is 3. The molecule has 294 valence electrons. The Kier molecular flexibility index (Phi) is 7.80. The third-order valence-electron chi connectivity index (χ3n) is 14.2. The third-order valence-corrected chi connectivity index (χ3v) is 14.2. The SMILES string of the molecule is c1ccc(-c2ccc(N(c3ccccc3)c3ccc(-c4cccc5c4C4(c6ccccc6-c6ccccc64)c4ccccc4C54c5ccccc5-c5ccccc54)cc3)cc2)cc1. The van der Waals surface area contributed by atoms with E-state index < -0.39 is 10.8 Å². The van der Waals surface area contributed by atoms with E-state index in [9.17, 15) is 0 Å². The van der Waals surface area contributed by atoms with Crippen molar-refractivity contribution in [2.75, 3.05) is 4.90 Å². The van der Waals surface area contributed by atoms with Crippen LogP contribution < -0.4 is 4.90 Å². The van der Waals surface area contributed by atoms with Crippen LogP contribution in [0.4, 0.5) is 17.1 Å². The first-order chi connectivity index (χ1) is 31.3. The van der Waals surface area contributed by atoms with E-state index in [1.807, 2.05) is 0 Å². The van der Waals surface area contributed by atoms with E-state index in [-0.39, 0.29) is 0 Å². The van der Waals surface area contributed by atoms with E-state index in [1.54, 1.807) is 0 Å². The van der Waals surface area contributed by atoms with Crippen LogP contribution in [0.3, 0.4) is 0 Å². The van der Waals surface area contributed by atoms with Crippen molar-refractivity contribution in [3.05, 3.63) is 293 Å². The lowest BCUT2D eigenvalue weighted by molar-refractivity contribution is 0.634. The summed E-state index contributed by atoms with van der Waals surface area (Å²) in [6.45, 7) is 0. The number of hydrogen-bond donors (Lipinski definition) is 0. The van der Waals surface area contributed by atoms with Crippen molar-refractivity contribution in [3.8, 4) is 44.5 Å². The van der Waals surface area contributed by atoms with E-state index in [0.717, 1.165) is 17.1 Å². The van der Waals surface area contributed by atoms with E-state index in [0.29, 0.717) is 0 Å². The van der Waals surface area contributed by atoms with Gasteiger partial charge in [-0.1, -0.05) is 212 Å². The summed E-state index contributed by atoms with van der Waals surface area (Å²) >= 11 is 0. The summed E-state index contributed by atoms with van der Waals surface area (Å²) in [7, 11) is 0. The second-order valence-electron chi connectivity index (χ2n) is 17.1. The van der Waals surface area contributed by atoms with E-state index >= 15 is 0 Å². The zero-order valence-corrected chi connectivity index (χ0v) is 34.6. The van der Waals surface area contributed by atoms with Crippen LogP contribution in [0.2, 0.25) is 0 Å². The van der Waals surface area contributed by atoms with Gasteiger partial charge in [0.2, 0.25) is 0 Å². The van der Waals surface area contributed by atoms with Crippen molar-refractivity contribution < 1.29 is 0 Å². The zero-order chi connectivity index (χ0) is 41.5. The molecule has 0 unspecified atom stereocenters. The molecule has 10 aromatic rings. The fraction of sp³-hybridized carbons (Fsp3) is 0.0323. The van der Waals surface area contributed by atoms with Crippen LogP contribution in [0.1, 0.15) is 44.5 Å². The Morgan fingerprint density at radius 2 is 0.540 bits per heavy atom. The second-order valence-corrected chi connectivity index (χ2v) is 17.1. The Labute approximate surface area is 368 Å². The van der Waals surface area contributed by atoms with Crippen LogP contribution in [0, 0.1) is 0 Å². The van der Waals surface area contributed by atoms with Gasteiger partial charge >= 0.3 is 0 Å². The Hall–Kier alpha value is -8.00. The predicted octanol–water partition coefficient (Wildman–Crippen LogP) is 15.5. The molecule has 2 spiro atoms. The van der Waals surface area contributed by atoms with Crippen molar-refractivity contribution >= 4 is 17.1 Å². The topological polar surface area (TPSA) is 3.24 Å². The average molecular weight is 800 g/mol. The van der Waals surface area contributed by atoms with Gasteiger partial charge in [0.15, 0.2) is 0 Å². The van der Waals surface area contributed by atoms with Gasteiger partial charge in [0.1, 0.15) is 0 Å². The molecular weight excluding hydrogens is 759 g/mol. The third kappa shape index (κ3) is 4.88. The maximum atomic E-state index is 2.45. The first-order valence-electron chi connectivity index (χ1n) is 22.0. The van der Waals surface area contributed by atoms with Crippen LogP contribution in [-0.2, 0) is 10.8 Å². The lowest BCUT2D eigenvalue weighted by Crippen LogP contribution is -2.44. The zero-order valence-electron chi connectivity index (χ0n) is 34.6. The summed E-state index contributed by atoms with van der Waals surface area (Å²) in [4.78, 5) is 2.36. The van der Waals surface area contributed by atoms with Crippen LogP contribution in [-0.4, -0.2) is 0 Å². The van der Waals surface area contributed by atoms with Gasteiger partial charge in [-0.2, -0.15) is 0 Å². The molecule has 0 atom stereocenters. The van der Waals surface area contributed by atoms with Gasteiger partial charge < -0.3 is 4.90 Å². The Morgan fingerprint density at radius 3 is 1.05 bits per heavy atom. The predicted molar refractivity (Wildman–Crippen MR) is 260 cm³/mol. The van der Waals surface area contributed by atoms with Gasteiger partial charge in [0.05, 0.1) is 10.8 Å². The molecule has 1 heteroatoms. The number of hydrogen-bond acceptors (Lipinski definition) is 1. The molecular formula is C62H41N. The highest BCUT2D eigenvalue weighted by atomic mass is 15.1. The molecule has 3 aliphatic rings. The summed E-state index contributed by atoms with van der Waals surface area (Å²) in [5, 5.41) is 0. The highest BCUT2D eigenvalue weighted by molar-refractivity contribution is 5.96. The van der Waals surface area contributed by atoms with Crippen LogP contribution >= 0.6 is 0 Å². The molecule has 0 saturated heterocycles. The summed E-state index contributed by atoms with van der Waals surface area (Å²) < 4.78 is 0. The fourth-order valence-corrected chi connectivity index (χ4v) is 11.8. The molecule has 1 nitrogen and oxygen atoms in total. The first-order valence-corrected chi connectivity index (χ1v) is 22.0. The summed E-state index contributed by atoms with van der Waals surface area (Å²) in [5.74, 6) is 0. The normalized spacial score (nSPS) is 14.0. The number of fused-ring (bicyclic) bond motifs is 16. The molecule has 13 rings (SSSR count). The van der Waals surface area contributed by atoms with Crippen LogP contribution in [0.25, 0.3) is 44.5 Å². The Morgan fingerprint density at radius 1 is 0.206 bits per heavy atom. The average Bonchev–Trinajstić information content (AvgIpc) is 3.83. The van der Waals surface area contributed by atoms with E-state index in [1.165, 1.54) is 89.0 Å². The molecule has 0 fully saturated rings. The molecule has 63 heavy (non-hydrogen) atoms. The monoisotopic (exact) mass is 799 g/mol. The Bertz CT molecular complexity index is 3290. The molecule has 3 aliphatic carbocycles. The molecule has 0 aliphatic heterocycles. The standard InChI is InChI=1S/C62H41N/c1-3-18-42(19-4-1)43-34-38-46(39-35-43)63(45-20-5-2-6-21-45)47-40-36-44(37-41-47)48-26-17-33-59-60(48)62(55-29-13-9-24-51(55)52-25-10-14-30-56(52)62)58-32-16-15-31-57(58)61(59)53-27-11-7-22-49(53)50-23-8-12-28-54(50)61/h1-41H. The maximum absolute atomic E-state index is 2.45. The highest BCUT2D eigenvalue weighted by Crippen LogP contribution is 2.68. The minimum atomic E-state index is -0.567. The fourth-order valence-electron chi connectivity index (χ4n) is 11.8. The van der Waals surface area contributed by atoms with Gasteiger partial charge in [-0.15, -0.1) is 0 Å². The van der Waals surface area contributed by atoms with Gasteiger partial charge in [-0.3, -0.25) is 0 Å². The summed E-state index contributed by atoms with van der Waals surface area (Å²) in [6.07, 6.45) is 0. The molecule has 0 amide bonds. The molecule has 0 saturated carbocycles. The largest absolute Gasteiger partial charge is 0.311 e. The van der Waals surface area contributed by atoms with Crippen molar-refractivity contribution in [3.63, 3.8) is 0 Å². The molecule has 0 bridgehead atoms. The molecule has 10 aromatic carbocycles. The van der Waals surface area contributed by atoms with Crippen molar-refractivity contribution in [2.24, 2.45) is 0 Å². The van der Waals surface area contributed by atoms with Gasteiger partial charge in [0.25, 0.3) is 0 Å². The number of rotatable bonds is 5. The lowest BCUT2D eigenvalue weighted by atomic mass is 9.51. The second kappa shape index (κ2) is 13.8. The molecule has 0 heterocycles. The van der Waals surface area contributed by atoms with Crippen molar-refractivity contribution in [1.29, 1.82) is 0 Å². The Balaban J connectivity index is 1.07.